The Bertz CT molecular complexity index is 323. The van der Waals surface area contributed by atoms with E-state index in [1.807, 2.05) is 0 Å². The number of carboxylic acid groups (broad SMARTS) is 1. The third kappa shape index (κ3) is 3.48. The van der Waals surface area contributed by atoms with E-state index >= 15 is 0 Å². The lowest BCUT2D eigenvalue weighted by Crippen LogP contribution is -2.57. The monoisotopic (exact) mass is 255 g/mol. The molecule has 0 saturated heterocycles. The molecule has 1 aliphatic carbocycles. The number of carbonyl (C=O) groups is 2. The van der Waals surface area contributed by atoms with Gasteiger partial charge in [-0.1, -0.05) is 31.9 Å². The van der Waals surface area contributed by atoms with Gasteiger partial charge in [-0.3, -0.25) is 0 Å². The standard InChI is InChI=1S/C13H21NO4/c1-3-9-18-12(17)14-13(2,11(15)16)10-7-5-4-6-8-10/h3,10H,1,4-9H2,2H3,(H,14,17)(H,15,16)/t13-/m0/s1. The van der Waals surface area contributed by atoms with Crippen molar-refractivity contribution in [3.05, 3.63) is 12.7 Å². The van der Waals surface area contributed by atoms with Gasteiger partial charge in [0.25, 0.3) is 0 Å². The van der Waals surface area contributed by atoms with E-state index in [0.717, 1.165) is 32.1 Å². The molecular formula is C13H21NO4. The number of rotatable bonds is 5. The Labute approximate surface area is 107 Å². The molecule has 5 nitrogen and oxygen atoms in total. The van der Waals surface area contributed by atoms with E-state index in [1.54, 1.807) is 6.92 Å². The van der Waals surface area contributed by atoms with E-state index in [4.69, 9.17) is 4.74 Å². The first-order valence-corrected chi connectivity index (χ1v) is 6.30. The molecule has 1 aliphatic rings. The molecule has 1 atom stereocenters. The first-order chi connectivity index (χ1) is 8.50. The number of ether oxygens (including phenoxy) is 1. The fourth-order valence-corrected chi connectivity index (χ4v) is 2.39. The molecule has 0 unspecified atom stereocenters. The number of amides is 1. The number of alkyl carbamates (subject to hydrolysis) is 1. The molecule has 0 heterocycles. The summed E-state index contributed by atoms with van der Waals surface area (Å²) < 4.78 is 4.80. The molecule has 0 bridgehead atoms. The molecule has 0 aromatic rings. The van der Waals surface area contributed by atoms with E-state index in [0.29, 0.717) is 0 Å². The normalized spacial score (nSPS) is 19.6. The molecule has 0 spiro atoms. The molecule has 102 valence electrons. The average molecular weight is 255 g/mol. The Balaban J connectivity index is 2.69. The van der Waals surface area contributed by atoms with Gasteiger partial charge in [-0.15, -0.1) is 0 Å². The minimum absolute atomic E-state index is 0.0416. The second-order valence-corrected chi connectivity index (χ2v) is 4.85. The molecule has 1 amide bonds. The zero-order valence-corrected chi connectivity index (χ0v) is 10.8. The van der Waals surface area contributed by atoms with Gasteiger partial charge in [0.1, 0.15) is 12.1 Å². The van der Waals surface area contributed by atoms with Crippen molar-refractivity contribution in [2.45, 2.75) is 44.6 Å². The number of nitrogens with one attached hydrogen (secondary N) is 1. The number of carboxylic acids is 1. The number of hydrogen-bond acceptors (Lipinski definition) is 3. The SMILES string of the molecule is C=CCOC(=O)N[C@](C)(C(=O)O)C1CCCCC1. The summed E-state index contributed by atoms with van der Waals surface area (Å²) in [6.07, 6.45) is 5.54. The molecule has 1 fully saturated rings. The average Bonchev–Trinajstić information content (AvgIpc) is 2.37. The van der Waals surface area contributed by atoms with Crippen LogP contribution >= 0.6 is 0 Å². The van der Waals surface area contributed by atoms with Gasteiger partial charge in [0.2, 0.25) is 0 Å². The van der Waals surface area contributed by atoms with Crippen molar-refractivity contribution in [1.82, 2.24) is 5.32 Å². The van der Waals surface area contributed by atoms with Crippen LogP contribution in [-0.4, -0.2) is 29.3 Å². The Morgan fingerprint density at radius 1 is 1.44 bits per heavy atom. The lowest BCUT2D eigenvalue weighted by molar-refractivity contribution is -0.147. The summed E-state index contributed by atoms with van der Waals surface area (Å²) in [5, 5.41) is 11.9. The highest BCUT2D eigenvalue weighted by Gasteiger charge is 2.43. The van der Waals surface area contributed by atoms with Gasteiger partial charge in [-0.25, -0.2) is 9.59 Å². The highest BCUT2D eigenvalue weighted by atomic mass is 16.5. The summed E-state index contributed by atoms with van der Waals surface area (Å²) in [7, 11) is 0. The maximum Gasteiger partial charge on any atom is 0.408 e. The number of aliphatic carboxylic acids is 1. The molecular weight excluding hydrogens is 234 g/mol. The van der Waals surface area contributed by atoms with Crippen molar-refractivity contribution in [3.63, 3.8) is 0 Å². The van der Waals surface area contributed by atoms with Crippen molar-refractivity contribution in [3.8, 4) is 0 Å². The minimum atomic E-state index is -1.25. The maximum atomic E-state index is 11.5. The van der Waals surface area contributed by atoms with Crippen molar-refractivity contribution in [1.29, 1.82) is 0 Å². The molecule has 0 aromatic carbocycles. The summed E-state index contributed by atoms with van der Waals surface area (Å²) in [6.45, 7) is 5.06. The van der Waals surface area contributed by atoms with Gasteiger partial charge < -0.3 is 15.2 Å². The van der Waals surface area contributed by atoms with Gasteiger partial charge in [0.05, 0.1) is 0 Å². The van der Waals surface area contributed by atoms with Crippen molar-refractivity contribution in [2.24, 2.45) is 5.92 Å². The third-order valence-corrected chi connectivity index (χ3v) is 3.56. The van der Waals surface area contributed by atoms with Crippen molar-refractivity contribution >= 4 is 12.1 Å². The Morgan fingerprint density at radius 3 is 2.56 bits per heavy atom. The van der Waals surface area contributed by atoms with E-state index in [1.165, 1.54) is 6.08 Å². The molecule has 2 N–H and O–H groups in total. The summed E-state index contributed by atoms with van der Waals surface area (Å²) in [4.78, 5) is 23.0. The van der Waals surface area contributed by atoms with Crippen LogP contribution in [0.25, 0.3) is 0 Å². The predicted octanol–water partition coefficient (Wildman–Crippen LogP) is 2.32. The van der Waals surface area contributed by atoms with Gasteiger partial charge in [0, 0.05) is 0 Å². The lowest BCUT2D eigenvalue weighted by Gasteiger charge is -2.36. The Morgan fingerprint density at radius 2 is 2.06 bits per heavy atom. The van der Waals surface area contributed by atoms with Crippen LogP contribution in [-0.2, 0) is 9.53 Å². The number of hydrogen-bond donors (Lipinski definition) is 2. The van der Waals surface area contributed by atoms with E-state index in [2.05, 4.69) is 11.9 Å². The zero-order chi connectivity index (χ0) is 13.6. The van der Waals surface area contributed by atoms with Gasteiger partial charge in [-0.2, -0.15) is 0 Å². The van der Waals surface area contributed by atoms with E-state index < -0.39 is 17.6 Å². The Kier molecular flexibility index (Phi) is 5.19. The first kappa shape index (κ1) is 14.5. The van der Waals surface area contributed by atoms with Gasteiger partial charge in [-0.05, 0) is 25.7 Å². The second kappa shape index (κ2) is 6.42. The quantitative estimate of drug-likeness (QED) is 0.739. The van der Waals surface area contributed by atoms with Crippen LogP contribution in [0.2, 0.25) is 0 Å². The molecule has 0 aromatic heterocycles. The minimum Gasteiger partial charge on any atom is -0.480 e. The lowest BCUT2D eigenvalue weighted by atomic mass is 9.75. The van der Waals surface area contributed by atoms with Crippen molar-refractivity contribution in [2.75, 3.05) is 6.61 Å². The predicted molar refractivity (Wildman–Crippen MR) is 67.3 cm³/mol. The fourth-order valence-electron chi connectivity index (χ4n) is 2.39. The van der Waals surface area contributed by atoms with E-state index in [9.17, 15) is 14.7 Å². The topological polar surface area (TPSA) is 75.6 Å². The third-order valence-electron chi connectivity index (χ3n) is 3.56. The summed E-state index contributed by atoms with van der Waals surface area (Å²) in [6, 6.07) is 0. The van der Waals surface area contributed by atoms with Crippen LogP contribution in [0.1, 0.15) is 39.0 Å². The summed E-state index contributed by atoms with van der Waals surface area (Å²) >= 11 is 0. The fraction of sp³-hybridized carbons (Fsp3) is 0.692. The summed E-state index contributed by atoms with van der Waals surface area (Å²) in [5.74, 6) is -1.05. The Hall–Kier alpha value is -1.52. The molecule has 1 saturated carbocycles. The molecule has 0 radical (unpaired) electrons. The highest BCUT2D eigenvalue weighted by molar-refractivity contribution is 5.84. The maximum absolute atomic E-state index is 11.5. The molecule has 18 heavy (non-hydrogen) atoms. The van der Waals surface area contributed by atoms with Crippen LogP contribution in [0, 0.1) is 5.92 Å². The van der Waals surface area contributed by atoms with Crippen molar-refractivity contribution < 1.29 is 19.4 Å². The van der Waals surface area contributed by atoms with Crippen LogP contribution < -0.4 is 5.32 Å². The van der Waals surface area contributed by atoms with Crippen LogP contribution in [0.5, 0.6) is 0 Å². The van der Waals surface area contributed by atoms with Crippen LogP contribution in [0.15, 0.2) is 12.7 Å². The van der Waals surface area contributed by atoms with E-state index in [-0.39, 0.29) is 12.5 Å². The first-order valence-electron chi connectivity index (χ1n) is 6.30. The largest absolute Gasteiger partial charge is 0.480 e. The smallest absolute Gasteiger partial charge is 0.408 e. The molecule has 1 rings (SSSR count). The van der Waals surface area contributed by atoms with Gasteiger partial charge >= 0.3 is 12.1 Å². The van der Waals surface area contributed by atoms with Crippen LogP contribution in [0.4, 0.5) is 4.79 Å². The zero-order valence-electron chi connectivity index (χ0n) is 10.8. The van der Waals surface area contributed by atoms with Crippen LogP contribution in [0.3, 0.4) is 0 Å². The summed E-state index contributed by atoms with van der Waals surface area (Å²) in [5.41, 5.74) is -1.25. The molecule has 0 aliphatic heterocycles. The highest BCUT2D eigenvalue weighted by Crippen LogP contribution is 2.33. The molecule has 5 heteroatoms. The number of carbonyl (C=O) groups excluding carboxylic acids is 1. The second-order valence-electron chi connectivity index (χ2n) is 4.85. The van der Waals surface area contributed by atoms with Gasteiger partial charge in [0.15, 0.2) is 0 Å².